The quantitative estimate of drug-likeness (QED) is 0.197. The zero-order valence-corrected chi connectivity index (χ0v) is 20.4. The maximum Gasteiger partial charge on any atom is 0.143 e. The number of fused-ring (bicyclic) bond motifs is 8. The summed E-state index contributed by atoms with van der Waals surface area (Å²) in [5, 5.41) is -5.78. The third-order valence-corrected chi connectivity index (χ3v) is 6.94. The monoisotopic (exact) mass is 544 g/mol. The summed E-state index contributed by atoms with van der Waals surface area (Å²) in [6.07, 6.45) is 0. The van der Waals surface area contributed by atoms with Crippen molar-refractivity contribution >= 4 is 65.0 Å². The van der Waals surface area contributed by atoms with Gasteiger partial charge in [-0.05, 0) is 66.5 Å². The zero-order chi connectivity index (χ0) is 47.8. The van der Waals surface area contributed by atoms with E-state index in [1.165, 1.54) is 0 Å². The first kappa shape index (κ1) is 9.33. The molecule has 0 N–H and O–H groups in total. The molecule has 9 aromatic rings. The number of furan rings is 1. The summed E-state index contributed by atoms with van der Waals surface area (Å²) >= 11 is 0. The lowest BCUT2D eigenvalue weighted by atomic mass is 9.83. The van der Waals surface area contributed by atoms with Crippen molar-refractivity contribution in [2.24, 2.45) is 0 Å². The second-order valence-electron chi connectivity index (χ2n) is 9.01. The molecule has 0 aliphatic rings. The van der Waals surface area contributed by atoms with E-state index in [2.05, 4.69) is 0 Å². The first-order valence-electron chi connectivity index (χ1n) is 24.2. The summed E-state index contributed by atoms with van der Waals surface area (Å²) in [5.41, 5.74) is -3.75. The van der Waals surface area contributed by atoms with Crippen LogP contribution in [0.4, 0.5) is 0 Å². The van der Waals surface area contributed by atoms with Gasteiger partial charge in [-0.15, -0.1) is 0 Å². The molecule has 0 fully saturated rings. The van der Waals surface area contributed by atoms with Crippen LogP contribution >= 0.6 is 0 Å². The van der Waals surface area contributed by atoms with Crippen molar-refractivity contribution in [1.82, 2.24) is 0 Å². The summed E-state index contributed by atoms with van der Waals surface area (Å²) < 4.78 is 221. The third kappa shape index (κ3) is 3.18. The van der Waals surface area contributed by atoms with Gasteiger partial charge in [0.15, 0.2) is 0 Å². The Bertz CT molecular complexity index is 3710. The molecule has 0 bridgehead atoms. The van der Waals surface area contributed by atoms with Crippen LogP contribution < -0.4 is 0 Å². The predicted octanol–water partition coefficient (Wildman–Crippen LogP) is 11.5. The smallest absolute Gasteiger partial charge is 0.143 e. The minimum absolute atomic E-state index is 0.452. The third-order valence-electron chi connectivity index (χ3n) is 6.94. The van der Waals surface area contributed by atoms with Gasteiger partial charge >= 0.3 is 0 Å². The standard InChI is InChI=1S/C40H24O/c1-2-13-26(14-3-1)36-30-18-8-10-20-32(30)37(33-21-11-9-19-31(33)36)39-28-16-6-5-15-27(28)24-35-38(39)34-23-22-25-12-4-7-17-29(25)40(34)41-35/h1-24H/i1D,2D,3D,4D,5D,6D,7D,8D,9D,10D,11D,12D,13D,14D,15D,16D,17D,18D,19D,20D,21D,22D,23D,24D. The fourth-order valence-electron chi connectivity index (χ4n) is 5.34. The summed E-state index contributed by atoms with van der Waals surface area (Å²) in [6, 6.07) is -21.0. The van der Waals surface area contributed by atoms with Crippen molar-refractivity contribution in [1.29, 1.82) is 0 Å². The van der Waals surface area contributed by atoms with Crippen LogP contribution in [0, 0.1) is 0 Å². The van der Waals surface area contributed by atoms with Crippen molar-refractivity contribution in [3.63, 3.8) is 0 Å². The normalized spacial score (nSPS) is 20.1. The molecule has 0 saturated carbocycles. The molecule has 0 aliphatic heterocycles. The molecular formula is C40H24O. The summed E-state index contributed by atoms with van der Waals surface area (Å²) in [4.78, 5) is 0. The fourth-order valence-corrected chi connectivity index (χ4v) is 5.34. The van der Waals surface area contributed by atoms with Crippen molar-refractivity contribution in [3.05, 3.63) is 145 Å². The molecule has 0 aliphatic carbocycles. The van der Waals surface area contributed by atoms with Gasteiger partial charge in [0.25, 0.3) is 0 Å². The van der Waals surface area contributed by atoms with Crippen LogP contribution in [0.5, 0.6) is 0 Å². The number of hydrogen-bond acceptors (Lipinski definition) is 1. The van der Waals surface area contributed by atoms with Gasteiger partial charge in [0.05, 0.1) is 32.9 Å². The molecular weight excluding hydrogens is 496 g/mol. The van der Waals surface area contributed by atoms with Crippen LogP contribution in [0.15, 0.2) is 149 Å². The Morgan fingerprint density at radius 2 is 0.927 bits per heavy atom. The Kier molecular flexibility index (Phi) is 1.94. The van der Waals surface area contributed by atoms with Gasteiger partial charge in [0.1, 0.15) is 11.2 Å². The van der Waals surface area contributed by atoms with E-state index < -0.39 is 232 Å². The van der Waals surface area contributed by atoms with Gasteiger partial charge in [0, 0.05) is 21.7 Å². The van der Waals surface area contributed by atoms with E-state index in [-0.39, 0.29) is 0 Å². The lowest BCUT2D eigenvalue weighted by molar-refractivity contribution is 0.673. The molecule has 0 saturated heterocycles. The molecule has 41 heavy (non-hydrogen) atoms. The van der Waals surface area contributed by atoms with Crippen molar-refractivity contribution < 1.29 is 37.3 Å². The van der Waals surface area contributed by atoms with E-state index in [1.54, 1.807) is 0 Å². The first-order chi connectivity index (χ1) is 30.3. The van der Waals surface area contributed by atoms with Crippen LogP contribution in [0.25, 0.3) is 87.3 Å². The largest absolute Gasteiger partial charge is 0.455 e. The number of rotatable bonds is 2. The van der Waals surface area contributed by atoms with Gasteiger partial charge < -0.3 is 4.42 Å². The lowest BCUT2D eigenvalue weighted by Gasteiger charge is -2.19. The molecule has 190 valence electrons. The molecule has 1 heterocycles. The minimum Gasteiger partial charge on any atom is -0.455 e. The summed E-state index contributed by atoms with van der Waals surface area (Å²) in [7, 11) is 0. The molecule has 0 atom stereocenters. The fraction of sp³-hybridized carbons (Fsp3) is 0. The van der Waals surface area contributed by atoms with Crippen molar-refractivity contribution in [2.75, 3.05) is 0 Å². The van der Waals surface area contributed by atoms with Gasteiger partial charge in [-0.3, -0.25) is 0 Å². The number of hydrogen-bond donors (Lipinski definition) is 0. The topological polar surface area (TPSA) is 13.1 Å². The Labute approximate surface area is 270 Å². The van der Waals surface area contributed by atoms with Crippen LogP contribution in [-0.4, -0.2) is 0 Å². The molecule has 8 aromatic carbocycles. The molecule has 0 unspecified atom stereocenters. The second kappa shape index (κ2) is 8.55. The highest BCUT2D eigenvalue weighted by atomic mass is 16.3. The average molecular weight is 545 g/mol. The molecule has 0 radical (unpaired) electrons. The van der Waals surface area contributed by atoms with Crippen LogP contribution in [0.2, 0.25) is 0 Å². The summed E-state index contributed by atoms with van der Waals surface area (Å²) in [6.45, 7) is 0. The Morgan fingerprint density at radius 1 is 0.390 bits per heavy atom. The Morgan fingerprint density at radius 3 is 1.61 bits per heavy atom. The van der Waals surface area contributed by atoms with Gasteiger partial charge in [-0.25, -0.2) is 0 Å². The van der Waals surface area contributed by atoms with Crippen LogP contribution in [0.1, 0.15) is 32.9 Å². The van der Waals surface area contributed by atoms with Gasteiger partial charge in [-0.2, -0.15) is 0 Å². The average Bonchev–Trinajstić information content (AvgIpc) is 3.68. The zero-order valence-electron chi connectivity index (χ0n) is 44.4. The lowest BCUT2D eigenvalue weighted by Crippen LogP contribution is -1.92. The highest BCUT2D eigenvalue weighted by Crippen LogP contribution is 2.49. The number of benzene rings is 8. The molecule has 1 aromatic heterocycles. The molecule has 1 nitrogen and oxygen atoms in total. The predicted molar refractivity (Wildman–Crippen MR) is 175 cm³/mol. The Hall–Kier alpha value is -5.40. The van der Waals surface area contributed by atoms with Crippen LogP contribution in [0.3, 0.4) is 0 Å². The SMILES string of the molecule is [2H]c1c([2H])c([2H])c(-c2c3c([2H])c([2H])c([2H])c([2H])c3c(-c3c4c([2H])c([2H])c([2H])c([2H])c4c([2H])c4oc5c6c([2H])c([2H])c([2H])c([2H])c6c([2H])c([2H])c5c34)c3c([2H])c([2H])c([2H])c([2H])c23)c([2H])c1[2H]. The molecule has 1 heteroatoms. The van der Waals surface area contributed by atoms with E-state index in [1.807, 2.05) is 0 Å². The Balaban J connectivity index is 1.77. The van der Waals surface area contributed by atoms with Gasteiger partial charge in [-0.1, -0.05) is 133 Å². The molecule has 0 spiro atoms. The maximum absolute atomic E-state index is 9.49. The van der Waals surface area contributed by atoms with Crippen LogP contribution in [-0.2, 0) is 0 Å². The van der Waals surface area contributed by atoms with E-state index in [4.69, 9.17) is 27.7 Å². The molecule has 0 amide bonds. The molecule has 9 rings (SSSR count). The van der Waals surface area contributed by atoms with E-state index in [0.29, 0.717) is 0 Å². The first-order valence-corrected chi connectivity index (χ1v) is 12.2. The van der Waals surface area contributed by atoms with Crippen molar-refractivity contribution in [2.45, 2.75) is 0 Å². The maximum atomic E-state index is 9.49. The highest BCUT2D eigenvalue weighted by molar-refractivity contribution is 6.31. The second-order valence-corrected chi connectivity index (χ2v) is 9.01. The van der Waals surface area contributed by atoms with Crippen molar-refractivity contribution in [3.8, 4) is 22.3 Å². The highest BCUT2D eigenvalue weighted by Gasteiger charge is 2.23. The minimum atomic E-state index is -0.954. The van der Waals surface area contributed by atoms with Gasteiger partial charge in [0.2, 0.25) is 0 Å². The van der Waals surface area contributed by atoms with E-state index >= 15 is 0 Å². The van der Waals surface area contributed by atoms with E-state index in [0.717, 1.165) is 0 Å². The van der Waals surface area contributed by atoms with E-state index in [9.17, 15) is 9.60 Å². The summed E-state index contributed by atoms with van der Waals surface area (Å²) in [5.74, 6) is 0.